The van der Waals surface area contributed by atoms with Crippen molar-refractivity contribution in [1.82, 2.24) is 9.21 Å². The molecule has 0 spiro atoms. The molecule has 150 valence electrons. The van der Waals surface area contributed by atoms with Crippen LogP contribution in [-0.4, -0.2) is 51.3 Å². The second-order valence-corrected chi connectivity index (χ2v) is 9.29. The van der Waals surface area contributed by atoms with Crippen molar-refractivity contribution in [3.8, 4) is 5.75 Å². The quantitative estimate of drug-likeness (QED) is 0.770. The summed E-state index contributed by atoms with van der Waals surface area (Å²) in [4.78, 5) is 15.1. The van der Waals surface area contributed by atoms with Gasteiger partial charge in [-0.15, -0.1) is 0 Å². The van der Waals surface area contributed by atoms with Crippen LogP contribution in [0, 0.1) is 6.92 Å². The SMILES string of the molecule is COc1ccc(C(=O)N2CCCC2c2ccccc2C)cc1S(=O)(=O)N(C)C. The van der Waals surface area contributed by atoms with Gasteiger partial charge in [0.1, 0.15) is 10.6 Å². The average molecular weight is 403 g/mol. The minimum absolute atomic E-state index is 0.00233. The first-order valence-electron chi connectivity index (χ1n) is 9.24. The molecule has 6 nitrogen and oxygen atoms in total. The van der Waals surface area contributed by atoms with Crippen LogP contribution in [0.3, 0.4) is 0 Å². The lowest BCUT2D eigenvalue weighted by molar-refractivity contribution is 0.0735. The molecule has 1 heterocycles. The molecule has 7 heteroatoms. The van der Waals surface area contributed by atoms with Gasteiger partial charge in [0.05, 0.1) is 13.2 Å². The van der Waals surface area contributed by atoms with Crippen LogP contribution in [0.1, 0.15) is 40.4 Å². The van der Waals surface area contributed by atoms with E-state index in [4.69, 9.17) is 4.74 Å². The highest BCUT2D eigenvalue weighted by Gasteiger charge is 2.32. The Morgan fingerprint density at radius 1 is 1.18 bits per heavy atom. The summed E-state index contributed by atoms with van der Waals surface area (Å²) in [5.74, 6) is 0.0609. The number of rotatable bonds is 5. The molecule has 1 atom stereocenters. The van der Waals surface area contributed by atoms with Crippen molar-refractivity contribution in [3.63, 3.8) is 0 Å². The number of carbonyl (C=O) groups excluding carboxylic acids is 1. The zero-order valence-electron chi connectivity index (χ0n) is 16.7. The van der Waals surface area contributed by atoms with Crippen molar-refractivity contribution in [2.45, 2.75) is 30.7 Å². The van der Waals surface area contributed by atoms with Crippen molar-refractivity contribution in [2.75, 3.05) is 27.7 Å². The van der Waals surface area contributed by atoms with Crippen molar-refractivity contribution >= 4 is 15.9 Å². The van der Waals surface area contributed by atoms with Gasteiger partial charge in [0.25, 0.3) is 5.91 Å². The maximum Gasteiger partial charge on any atom is 0.254 e. The monoisotopic (exact) mass is 402 g/mol. The summed E-state index contributed by atoms with van der Waals surface area (Å²) in [5.41, 5.74) is 2.64. The second kappa shape index (κ2) is 7.93. The number of amides is 1. The smallest absolute Gasteiger partial charge is 0.254 e. The Morgan fingerprint density at radius 2 is 1.89 bits per heavy atom. The number of nitrogens with zero attached hydrogens (tertiary/aromatic N) is 2. The minimum Gasteiger partial charge on any atom is -0.495 e. The van der Waals surface area contributed by atoms with E-state index >= 15 is 0 Å². The molecule has 0 aromatic heterocycles. The van der Waals surface area contributed by atoms with E-state index in [2.05, 4.69) is 6.07 Å². The van der Waals surface area contributed by atoms with Gasteiger partial charge in [-0.25, -0.2) is 12.7 Å². The molecule has 0 saturated carbocycles. The molecule has 3 rings (SSSR count). The van der Waals surface area contributed by atoms with E-state index in [1.807, 2.05) is 30.0 Å². The van der Waals surface area contributed by atoms with Crippen molar-refractivity contribution in [1.29, 1.82) is 0 Å². The number of carbonyl (C=O) groups is 1. The Labute approximate surface area is 166 Å². The molecule has 0 radical (unpaired) electrons. The van der Waals surface area contributed by atoms with Gasteiger partial charge in [-0.05, 0) is 49.1 Å². The van der Waals surface area contributed by atoms with Crippen molar-refractivity contribution in [3.05, 3.63) is 59.2 Å². The van der Waals surface area contributed by atoms with Crippen LogP contribution in [0.5, 0.6) is 5.75 Å². The Kier molecular flexibility index (Phi) is 5.76. The van der Waals surface area contributed by atoms with Gasteiger partial charge in [-0.2, -0.15) is 0 Å². The number of methoxy groups -OCH3 is 1. The third kappa shape index (κ3) is 3.64. The predicted octanol–water partition coefficient (Wildman–Crippen LogP) is 3.23. The lowest BCUT2D eigenvalue weighted by Crippen LogP contribution is -2.31. The average Bonchev–Trinajstić information content (AvgIpc) is 3.16. The molecular formula is C21H26N2O4S. The Bertz CT molecular complexity index is 986. The summed E-state index contributed by atoms with van der Waals surface area (Å²) in [5, 5.41) is 0. The zero-order chi connectivity index (χ0) is 20.5. The van der Waals surface area contributed by atoms with Gasteiger partial charge < -0.3 is 9.64 Å². The number of benzene rings is 2. The number of hydrogen-bond acceptors (Lipinski definition) is 4. The third-order valence-corrected chi connectivity index (χ3v) is 7.07. The maximum absolute atomic E-state index is 13.3. The van der Waals surface area contributed by atoms with Gasteiger partial charge in [-0.3, -0.25) is 4.79 Å². The van der Waals surface area contributed by atoms with Gasteiger partial charge in [-0.1, -0.05) is 24.3 Å². The summed E-state index contributed by atoms with van der Waals surface area (Å²) in [6.07, 6.45) is 1.82. The number of sulfonamides is 1. The number of likely N-dealkylation sites (tertiary alicyclic amines) is 1. The molecular weight excluding hydrogens is 376 g/mol. The predicted molar refractivity (Wildman–Crippen MR) is 108 cm³/mol. The largest absolute Gasteiger partial charge is 0.495 e. The molecule has 0 N–H and O–H groups in total. The molecule has 1 amide bonds. The van der Waals surface area contributed by atoms with Crippen LogP contribution < -0.4 is 4.74 Å². The van der Waals surface area contributed by atoms with E-state index < -0.39 is 10.0 Å². The molecule has 1 aliphatic heterocycles. The van der Waals surface area contributed by atoms with Gasteiger partial charge in [0.15, 0.2) is 0 Å². The van der Waals surface area contributed by atoms with Crippen LogP contribution in [0.4, 0.5) is 0 Å². The molecule has 1 unspecified atom stereocenters. The fourth-order valence-corrected chi connectivity index (χ4v) is 4.74. The lowest BCUT2D eigenvalue weighted by atomic mass is 9.99. The first kappa shape index (κ1) is 20.4. The Balaban J connectivity index is 2.00. The second-order valence-electron chi connectivity index (χ2n) is 7.17. The highest BCUT2D eigenvalue weighted by molar-refractivity contribution is 7.89. The standard InChI is InChI=1S/C21H26N2O4S/c1-15-8-5-6-9-17(15)18-10-7-13-23(18)21(24)16-11-12-19(27-4)20(14-16)28(25,26)22(2)3/h5-6,8-9,11-12,14,18H,7,10,13H2,1-4H3. The molecule has 28 heavy (non-hydrogen) atoms. The van der Waals surface area contributed by atoms with E-state index in [1.54, 1.807) is 12.1 Å². The van der Waals surface area contributed by atoms with Crippen LogP contribution in [0.25, 0.3) is 0 Å². The fraction of sp³-hybridized carbons (Fsp3) is 0.381. The van der Waals surface area contributed by atoms with Crippen LogP contribution in [-0.2, 0) is 10.0 Å². The maximum atomic E-state index is 13.3. The van der Waals surface area contributed by atoms with Gasteiger partial charge >= 0.3 is 0 Å². The van der Waals surface area contributed by atoms with Crippen molar-refractivity contribution in [2.24, 2.45) is 0 Å². The van der Waals surface area contributed by atoms with Crippen molar-refractivity contribution < 1.29 is 17.9 Å². The summed E-state index contributed by atoms with van der Waals surface area (Å²) in [6, 6.07) is 12.7. The van der Waals surface area contributed by atoms with E-state index in [-0.39, 0.29) is 22.6 Å². The van der Waals surface area contributed by atoms with Crippen LogP contribution in [0.15, 0.2) is 47.4 Å². The van der Waals surface area contributed by atoms with Crippen LogP contribution >= 0.6 is 0 Å². The summed E-state index contributed by atoms with van der Waals surface area (Å²) >= 11 is 0. The number of ether oxygens (including phenoxy) is 1. The highest BCUT2D eigenvalue weighted by atomic mass is 32.2. The Morgan fingerprint density at radius 3 is 2.54 bits per heavy atom. The van der Waals surface area contributed by atoms with Crippen LogP contribution in [0.2, 0.25) is 0 Å². The number of aryl methyl sites for hydroxylation is 1. The highest BCUT2D eigenvalue weighted by Crippen LogP contribution is 2.35. The molecule has 1 fully saturated rings. The molecule has 1 aliphatic rings. The molecule has 1 saturated heterocycles. The minimum atomic E-state index is -3.73. The van der Waals surface area contributed by atoms with E-state index in [0.717, 1.165) is 28.3 Å². The van der Waals surface area contributed by atoms with E-state index in [1.165, 1.54) is 27.3 Å². The number of hydrogen-bond donors (Lipinski definition) is 0. The molecule has 2 aromatic carbocycles. The normalized spacial score (nSPS) is 17.2. The summed E-state index contributed by atoms with van der Waals surface area (Å²) in [6.45, 7) is 2.70. The van der Waals surface area contributed by atoms with E-state index in [0.29, 0.717) is 12.1 Å². The molecule has 2 aromatic rings. The first-order valence-corrected chi connectivity index (χ1v) is 10.7. The summed E-state index contributed by atoms with van der Waals surface area (Å²) in [7, 11) is 0.595. The lowest BCUT2D eigenvalue weighted by Gasteiger charge is -2.27. The summed E-state index contributed by atoms with van der Waals surface area (Å²) < 4.78 is 31.7. The fourth-order valence-electron chi connectivity index (χ4n) is 3.67. The van der Waals surface area contributed by atoms with Gasteiger partial charge in [0, 0.05) is 26.2 Å². The third-order valence-electron chi connectivity index (χ3n) is 5.23. The first-order chi connectivity index (χ1) is 13.3. The van der Waals surface area contributed by atoms with E-state index in [9.17, 15) is 13.2 Å². The molecule has 0 aliphatic carbocycles. The molecule has 0 bridgehead atoms. The topological polar surface area (TPSA) is 66.9 Å². The van der Waals surface area contributed by atoms with Gasteiger partial charge in [0.2, 0.25) is 10.0 Å². The zero-order valence-corrected chi connectivity index (χ0v) is 17.5. The Hall–Kier alpha value is -2.38.